The van der Waals surface area contributed by atoms with Crippen LogP contribution in [0, 0.1) is 13.8 Å². The maximum absolute atomic E-state index is 11.5. The van der Waals surface area contributed by atoms with Gasteiger partial charge in [0.1, 0.15) is 5.75 Å². The van der Waals surface area contributed by atoms with Gasteiger partial charge < -0.3 is 15.4 Å². The molecular weight excluding hydrogens is 525 g/mol. The Labute approximate surface area is 203 Å². The second kappa shape index (κ2) is 13.6. The van der Waals surface area contributed by atoms with Crippen LogP contribution in [-0.2, 0) is 16.3 Å². The van der Waals surface area contributed by atoms with Crippen LogP contribution in [0.5, 0.6) is 5.75 Å². The van der Waals surface area contributed by atoms with Crippen LogP contribution in [0.1, 0.15) is 30.0 Å². The van der Waals surface area contributed by atoms with E-state index in [1.807, 2.05) is 25.1 Å². The summed E-state index contributed by atoms with van der Waals surface area (Å²) >= 11 is 0. The van der Waals surface area contributed by atoms with Gasteiger partial charge in [0.2, 0.25) is 0 Å². The Bertz CT molecular complexity index is 925. The Morgan fingerprint density at radius 2 is 1.68 bits per heavy atom. The second-order valence-electron chi connectivity index (χ2n) is 7.28. The van der Waals surface area contributed by atoms with Crippen LogP contribution < -0.4 is 15.4 Å². The van der Waals surface area contributed by atoms with Crippen molar-refractivity contribution in [3.8, 4) is 5.75 Å². The minimum Gasteiger partial charge on any atom is -0.493 e. The van der Waals surface area contributed by atoms with Crippen molar-refractivity contribution in [3.05, 3.63) is 59.2 Å². The Balaban J connectivity index is 0.00000480. The quantitative estimate of drug-likeness (QED) is 0.200. The van der Waals surface area contributed by atoms with E-state index in [1.54, 1.807) is 12.1 Å². The van der Waals surface area contributed by atoms with E-state index in [1.165, 1.54) is 6.26 Å². The summed E-state index contributed by atoms with van der Waals surface area (Å²) in [6, 6.07) is 13.2. The molecule has 0 saturated carbocycles. The summed E-state index contributed by atoms with van der Waals surface area (Å²) in [7, 11) is -3.15. The Kier molecular flexibility index (Phi) is 11.9. The lowest BCUT2D eigenvalue weighted by Crippen LogP contribution is -2.38. The van der Waals surface area contributed by atoms with Crippen molar-refractivity contribution < 1.29 is 13.2 Å². The van der Waals surface area contributed by atoms with Crippen LogP contribution in [0.15, 0.2) is 52.4 Å². The zero-order valence-electron chi connectivity index (χ0n) is 18.8. The average molecular weight is 560 g/mol. The molecule has 2 aromatic rings. The fourth-order valence-electron chi connectivity index (χ4n) is 3.03. The van der Waals surface area contributed by atoms with Crippen molar-refractivity contribution >= 4 is 39.8 Å². The van der Waals surface area contributed by atoms with Crippen molar-refractivity contribution in [1.29, 1.82) is 0 Å². The molecule has 2 N–H and O–H groups in total. The van der Waals surface area contributed by atoms with Crippen LogP contribution in [-0.4, -0.2) is 46.9 Å². The number of hydrogen-bond donors (Lipinski definition) is 2. The number of nitrogens with one attached hydrogen (secondary N) is 2. The summed E-state index contributed by atoms with van der Waals surface area (Å²) in [5.74, 6) is 1.74. The zero-order valence-corrected chi connectivity index (χ0v) is 21.9. The highest BCUT2D eigenvalue weighted by molar-refractivity contribution is 14.0. The molecule has 2 rings (SSSR count). The van der Waals surface area contributed by atoms with E-state index in [0.29, 0.717) is 24.6 Å². The molecule has 0 atom stereocenters. The first-order valence-electron chi connectivity index (χ1n) is 10.3. The Hall–Kier alpha value is -1.81. The molecule has 0 fully saturated rings. The summed E-state index contributed by atoms with van der Waals surface area (Å²) < 4.78 is 29.0. The molecule has 172 valence electrons. The van der Waals surface area contributed by atoms with Crippen LogP contribution >= 0.6 is 24.0 Å². The fraction of sp³-hybridized carbons (Fsp3) is 0.435. The lowest BCUT2D eigenvalue weighted by atomic mass is 10.1. The highest BCUT2D eigenvalue weighted by Crippen LogP contribution is 2.22. The number of rotatable bonds is 10. The van der Waals surface area contributed by atoms with Gasteiger partial charge in [0.05, 0.1) is 11.5 Å². The number of ether oxygens (including phenoxy) is 1. The van der Waals surface area contributed by atoms with E-state index in [0.717, 1.165) is 47.8 Å². The minimum absolute atomic E-state index is 0. The first-order valence-corrected chi connectivity index (χ1v) is 12.2. The number of halogens is 1. The fourth-order valence-corrected chi connectivity index (χ4v) is 3.66. The number of guanidine groups is 1. The largest absolute Gasteiger partial charge is 0.493 e. The maximum Gasteiger partial charge on any atom is 0.191 e. The maximum atomic E-state index is 11.5. The molecule has 0 saturated heterocycles. The molecule has 8 heteroatoms. The van der Waals surface area contributed by atoms with E-state index >= 15 is 0 Å². The average Bonchev–Trinajstić information content (AvgIpc) is 2.69. The zero-order chi connectivity index (χ0) is 22.0. The van der Waals surface area contributed by atoms with Crippen LogP contribution in [0.3, 0.4) is 0 Å². The van der Waals surface area contributed by atoms with Gasteiger partial charge in [0.15, 0.2) is 15.8 Å². The predicted molar refractivity (Wildman–Crippen MR) is 139 cm³/mol. The highest BCUT2D eigenvalue weighted by Gasteiger charge is 2.06. The monoisotopic (exact) mass is 559 g/mol. The number of benzene rings is 2. The number of aliphatic imine (C=N–C) groups is 1. The molecule has 0 aliphatic carbocycles. The first-order chi connectivity index (χ1) is 14.3. The minimum atomic E-state index is -3.15. The van der Waals surface area contributed by atoms with E-state index < -0.39 is 9.84 Å². The molecule has 0 unspecified atom stereocenters. The molecule has 0 aliphatic rings. The Morgan fingerprint density at radius 3 is 2.26 bits per heavy atom. The molecular formula is C23H34IN3O3S. The van der Waals surface area contributed by atoms with Gasteiger partial charge in [-0.1, -0.05) is 30.3 Å². The first kappa shape index (κ1) is 27.2. The molecule has 0 amide bonds. The summed E-state index contributed by atoms with van der Waals surface area (Å²) in [6.45, 7) is 8.94. The normalized spacial score (nSPS) is 11.5. The molecule has 0 bridgehead atoms. The summed E-state index contributed by atoms with van der Waals surface area (Å²) in [5.41, 5.74) is 3.38. The third kappa shape index (κ3) is 9.47. The number of nitrogens with zero attached hydrogens (tertiary/aromatic N) is 1. The molecule has 31 heavy (non-hydrogen) atoms. The molecule has 0 aromatic heterocycles. The third-order valence-electron chi connectivity index (χ3n) is 4.63. The van der Waals surface area contributed by atoms with Gasteiger partial charge in [-0.2, -0.15) is 0 Å². The van der Waals surface area contributed by atoms with Crippen molar-refractivity contribution in [1.82, 2.24) is 10.6 Å². The second-order valence-corrected chi connectivity index (χ2v) is 9.29. The third-order valence-corrected chi connectivity index (χ3v) is 5.76. The van der Waals surface area contributed by atoms with E-state index in [-0.39, 0.29) is 24.0 Å². The SMILES string of the molecule is CCNC(=NCCCOc1c(C)cccc1C)NCCc1ccc(S(C)(=O)=O)cc1.I. The topological polar surface area (TPSA) is 79.8 Å². The smallest absolute Gasteiger partial charge is 0.191 e. The standard InChI is InChI=1S/C23H33N3O3S.HI/c1-5-24-23(25-15-7-17-29-22-18(2)8-6-9-19(22)3)26-16-14-20-10-12-21(13-11-20)30(4,27)28;/h6,8-13H,5,7,14-17H2,1-4H3,(H2,24,25,26);1H. The summed E-state index contributed by atoms with van der Waals surface area (Å²) in [6.07, 6.45) is 2.83. The number of sulfone groups is 1. The van der Waals surface area contributed by atoms with Gasteiger partial charge in [-0.15, -0.1) is 24.0 Å². The van der Waals surface area contributed by atoms with Gasteiger partial charge in [-0.05, 0) is 56.0 Å². The van der Waals surface area contributed by atoms with Gasteiger partial charge >= 0.3 is 0 Å². The van der Waals surface area contributed by atoms with Gasteiger partial charge in [-0.25, -0.2) is 8.42 Å². The van der Waals surface area contributed by atoms with E-state index in [2.05, 4.69) is 41.6 Å². The van der Waals surface area contributed by atoms with Crippen LogP contribution in [0.25, 0.3) is 0 Å². The Morgan fingerprint density at radius 1 is 1.03 bits per heavy atom. The molecule has 0 heterocycles. The van der Waals surface area contributed by atoms with Crippen molar-refractivity contribution in [3.63, 3.8) is 0 Å². The highest BCUT2D eigenvalue weighted by atomic mass is 127. The lowest BCUT2D eigenvalue weighted by Gasteiger charge is -2.13. The lowest BCUT2D eigenvalue weighted by molar-refractivity contribution is 0.309. The number of aryl methyl sites for hydroxylation is 2. The number of para-hydroxylation sites is 1. The van der Waals surface area contributed by atoms with Gasteiger partial charge in [0.25, 0.3) is 0 Å². The summed E-state index contributed by atoms with van der Waals surface area (Å²) in [4.78, 5) is 4.95. The van der Waals surface area contributed by atoms with Crippen molar-refractivity contribution in [2.75, 3.05) is 32.5 Å². The molecule has 0 aliphatic heterocycles. The number of hydrogen-bond acceptors (Lipinski definition) is 4. The van der Waals surface area contributed by atoms with Gasteiger partial charge in [-0.3, -0.25) is 4.99 Å². The molecule has 6 nitrogen and oxygen atoms in total. The molecule has 0 spiro atoms. The summed E-state index contributed by atoms with van der Waals surface area (Å²) in [5, 5.41) is 6.56. The van der Waals surface area contributed by atoms with Crippen LogP contribution in [0.2, 0.25) is 0 Å². The predicted octanol–water partition coefficient (Wildman–Crippen LogP) is 3.89. The molecule has 2 aromatic carbocycles. The van der Waals surface area contributed by atoms with Gasteiger partial charge in [0, 0.05) is 32.3 Å². The van der Waals surface area contributed by atoms with Crippen molar-refractivity contribution in [2.24, 2.45) is 4.99 Å². The van der Waals surface area contributed by atoms with Crippen LogP contribution in [0.4, 0.5) is 0 Å². The van der Waals surface area contributed by atoms with Crippen molar-refractivity contribution in [2.45, 2.75) is 38.5 Å². The van der Waals surface area contributed by atoms with E-state index in [4.69, 9.17) is 4.74 Å². The van der Waals surface area contributed by atoms with E-state index in [9.17, 15) is 8.42 Å². The molecule has 0 radical (unpaired) electrons.